The van der Waals surface area contributed by atoms with Gasteiger partial charge in [0.25, 0.3) is 0 Å². The number of rotatable bonds is 7. The van der Waals surface area contributed by atoms with Gasteiger partial charge in [-0.3, -0.25) is 14.6 Å². The van der Waals surface area contributed by atoms with Crippen LogP contribution in [0.5, 0.6) is 5.88 Å². The summed E-state index contributed by atoms with van der Waals surface area (Å²) in [6.45, 7) is 14.9. The van der Waals surface area contributed by atoms with Gasteiger partial charge in [0.15, 0.2) is 10.8 Å². The van der Waals surface area contributed by atoms with Gasteiger partial charge in [-0.2, -0.15) is 0 Å². The average molecular weight is 592 g/mol. The first-order valence-electron chi connectivity index (χ1n) is 14.2. The third-order valence-corrected chi connectivity index (χ3v) is 7.59. The van der Waals surface area contributed by atoms with Gasteiger partial charge in [-0.25, -0.2) is 14.8 Å². The van der Waals surface area contributed by atoms with Gasteiger partial charge in [0.1, 0.15) is 17.2 Å². The van der Waals surface area contributed by atoms with Crippen LogP contribution in [0.1, 0.15) is 40.4 Å². The molecule has 2 amide bonds. The molecule has 5 aromatic rings. The zero-order valence-electron chi connectivity index (χ0n) is 24.6. The summed E-state index contributed by atoms with van der Waals surface area (Å²) in [5.74, 6) is 1.69. The lowest BCUT2D eigenvalue weighted by molar-refractivity contribution is 0.0320. The van der Waals surface area contributed by atoms with E-state index in [0.29, 0.717) is 29.8 Å². The number of amides is 2. The first kappa shape index (κ1) is 29.5. The number of benzene rings is 1. The van der Waals surface area contributed by atoms with Crippen molar-refractivity contribution in [1.29, 1.82) is 0 Å². The third-order valence-electron chi connectivity index (χ3n) is 6.63. The zero-order valence-corrected chi connectivity index (χ0v) is 25.5. The number of carbonyl (C=O) groups excluding carboxylic acids is 1. The van der Waals surface area contributed by atoms with Gasteiger partial charge in [-0.15, -0.1) is 0 Å². The largest absolute Gasteiger partial charge is 0.476 e. The van der Waals surface area contributed by atoms with Gasteiger partial charge in [-0.1, -0.05) is 63.2 Å². The molecule has 222 valence electrons. The summed E-state index contributed by atoms with van der Waals surface area (Å²) in [7, 11) is 0. The van der Waals surface area contributed by atoms with Gasteiger partial charge in [0.2, 0.25) is 5.88 Å². The minimum Gasteiger partial charge on any atom is -0.476 e. The summed E-state index contributed by atoms with van der Waals surface area (Å²) < 4.78 is 18.7. The number of carbonyl (C=O) groups is 1. The lowest BCUT2D eigenvalue weighted by Crippen LogP contribution is -2.38. The molecule has 4 aromatic heterocycles. The highest BCUT2D eigenvalue weighted by Gasteiger charge is 2.20. The standard InChI is InChI=1S/C28H31N7O4S.C2H6/c1-28(2,3)22-16-23(33-39-22)31-26(36)29-19-6-4-18(5-7-19)20-17-35-21-8-9-24(32-25(21)40-27(35)30-20)38-15-12-34-10-13-37-14-11-34;1-2/h4-9,16-17H,10-15H2,1-3H3,(H2,29,31,33,36);1-2H3. The van der Waals surface area contributed by atoms with Crippen LogP contribution in [-0.2, 0) is 10.2 Å². The van der Waals surface area contributed by atoms with Crippen molar-refractivity contribution in [2.75, 3.05) is 50.1 Å². The smallest absolute Gasteiger partial charge is 0.324 e. The van der Waals surface area contributed by atoms with Crippen molar-refractivity contribution >= 4 is 44.2 Å². The summed E-state index contributed by atoms with van der Waals surface area (Å²) in [5, 5.41) is 9.43. The van der Waals surface area contributed by atoms with Crippen molar-refractivity contribution < 1.29 is 18.8 Å². The number of imidazole rings is 1. The van der Waals surface area contributed by atoms with Crippen molar-refractivity contribution in [3.05, 3.63) is 54.4 Å². The molecule has 1 saturated heterocycles. The second kappa shape index (κ2) is 12.9. The maximum absolute atomic E-state index is 12.4. The van der Waals surface area contributed by atoms with E-state index in [2.05, 4.69) is 25.7 Å². The summed E-state index contributed by atoms with van der Waals surface area (Å²) >= 11 is 1.52. The van der Waals surface area contributed by atoms with Crippen LogP contribution in [0.4, 0.5) is 16.3 Å². The summed E-state index contributed by atoms with van der Waals surface area (Å²) in [5.41, 5.74) is 3.23. The first-order chi connectivity index (χ1) is 20.3. The fourth-order valence-corrected chi connectivity index (χ4v) is 5.36. The Balaban J connectivity index is 0.00000173. The van der Waals surface area contributed by atoms with Gasteiger partial charge in [-0.05, 0) is 18.2 Å². The minimum absolute atomic E-state index is 0.190. The van der Waals surface area contributed by atoms with Crippen molar-refractivity contribution in [3.8, 4) is 17.1 Å². The molecule has 12 heteroatoms. The molecule has 1 aromatic carbocycles. The van der Waals surface area contributed by atoms with E-state index in [4.69, 9.17) is 19.0 Å². The predicted octanol–water partition coefficient (Wildman–Crippen LogP) is 6.28. The Morgan fingerprint density at radius 2 is 1.81 bits per heavy atom. The fourth-order valence-electron chi connectivity index (χ4n) is 4.38. The van der Waals surface area contributed by atoms with Gasteiger partial charge in [0, 0.05) is 54.6 Å². The number of urea groups is 1. The Morgan fingerprint density at radius 1 is 1.05 bits per heavy atom. The van der Waals surface area contributed by atoms with Crippen LogP contribution in [0.15, 0.2) is 53.2 Å². The van der Waals surface area contributed by atoms with E-state index in [1.807, 2.05) is 81.6 Å². The number of hydrogen-bond donors (Lipinski definition) is 2. The molecule has 1 aliphatic rings. The molecule has 0 spiro atoms. The van der Waals surface area contributed by atoms with Crippen LogP contribution >= 0.6 is 11.3 Å². The van der Waals surface area contributed by atoms with Gasteiger partial charge >= 0.3 is 6.03 Å². The molecule has 0 radical (unpaired) electrons. The third kappa shape index (κ3) is 6.89. The number of nitrogens with one attached hydrogen (secondary N) is 2. The van der Waals surface area contributed by atoms with Crippen LogP contribution in [0.2, 0.25) is 0 Å². The molecular formula is C30H37N7O4S. The molecule has 11 nitrogen and oxygen atoms in total. The molecule has 1 aliphatic heterocycles. The van der Waals surface area contributed by atoms with E-state index >= 15 is 0 Å². The maximum atomic E-state index is 12.4. The highest BCUT2D eigenvalue weighted by atomic mass is 32.1. The number of ether oxygens (including phenoxy) is 2. The topological polar surface area (TPSA) is 119 Å². The Hall–Kier alpha value is -4.00. The molecule has 0 bridgehead atoms. The van der Waals surface area contributed by atoms with Crippen molar-refractivity contribution in [2.24, 2.45) is 0 Å². The van der Waals surface area contributed by atoms with Crippen LogP contribution in [0, 0.1) is 0 Å². The number of morpholine rings is 1. The Morgan fingerprint density at radius 3 is 2.52 bits per heavy atom. The number of fused-ring (bicyclic) bond motifs is 3. The first-order valence-corrected chi connectivity index (χ1v) is 15.0. The molecule has 0 atom stereocenters. The van der Waals surface area contributed by atoms with E-state index in [1.165, 1.54) is 11.3 Å². The number of hydrogen-bond acceptors (Lipinski definition) is 9. The highest BCUT2D eigenvalue weighted by Crippen LogP contribution is 2.30. The molecule has 1 fully saturated rings. The Labute approximate surface area is 248 Å². The second-order valence-electron chi connectivity index (χ2n) is 10.6. The van der Waals surface area contributed by atoms with E-state index in [9.17, 15) is 4.79 Å². The van der Waals surface area contributed by atoms with E-state index in [0.717, 1.165) is 59.4 Å². The zero-order chi connectivity index (χ0) is 29.7. The fraction of sp³-hybridized carbons (Fsp3) is 0.400. The van der Waals surface area contributed by atoms with E-state index in [-0.39, 0.29) is 5.41 Å². The number of pyridine rings is 1. The van der Waals surface area contributed by atoms with Crippen molar-refractivity contribution in [2.45, 2.75) is 40.0 Å². The van der Waals surface area contributed by atoms with Crippen molar-refractivity contribution in [3.63, 3.8) is 0 Å². The minimum atomic E-state index is -0.396. The number of anilines is 2. The van der Waals surface area contributed by atoms with Crippen LogP contribution in [-0.4, -0.2) is 69.9 Å². The van der Waals surface area contributed by atoms with E-state index in [1.54, 1.807) is 6.07 Å². The quantitative estimate of drug-likeness (QED) is 0.227. The lowest BCUT2D eigenvalue weighted by atomic mass is 9.93. The monoisotopic (exact) mass is 591 g/mol. The SMILES string of the molecule is CC.CC(C)(C)c1cc(NC(=O)Nc2ccc(-c3cn4c(n3)sc3nc(OCCN5CCOCC5)ccc34)cc2)no1. The molecular weight excluding hydrogens is 554 g/mol. The maximum Gasteiger partial charge on any atom is 0.324 e. The van der Waals surface area contributed by atoms with Gasteiger partial charge < -0.3 is 19.3 Å². The van der Waals surface area contributed by atoms with E-state index < -0.39 is 6.03 Å². The number of aromatic nitrogens is 4. The van der Waals surface area contributed by atoms with Crippen molar-refractivity contribution in [1.82, 2.24) is 24.4 Å². The molecule has 0 aliphatic carbocycles. The Kier molecular flexibility index (Phi) is 9.05. The predicted molar refractivity (Wildman–Crippen MR) is 166 cm³/mol. The number of nitrogens with zero attached hydrogens (tertiary/aromatic N) is 5. The molecule has 2 N–H and O–H groups in total. The van der Waals surface area contributed by atoms with Crippen LogP contribution in [0.25, 0.3) is 26.6 Å². The highest BCUT2D eigenvalue weighted by molar-refractivity contribution is 7.23. The van der Waals surface area contributed by atoms with Crippen LogP contribution in [0.3, 0.4) is 0 Å². The van der Waals surface area contributed by atoms with Crippen LogP contribution < -0.4 is 15.4 Å². The molecule has 5 heterocycles. The summed E-state index contributed by atoms with van der Waals surface area (Å²) in [4.78, 5) is 26.0. The molecule has 0 unspecified atom stereocenters. The van der Waals surface area contributed by atoms with Gasteiger partial charge in [0.05, 0.1) is 24.4 Å². The summed E-state index contributed by atoms with van der Waals surface area (Å²) in [6.07, 6.45) is 2.00. The molecule has 6 rings (SSSR count). The molecule has 42 heavy (non-hydrogen) atoms. The second-order valence-corrected chi connectivity index (χ2v) is 11.6. The summed E-state index contributed by atoms with van der Waals surface area (Å²) in [6, 6.07) is 12.8. The lowest BCUT2D eigenvalue weighted by Gasteiger charge is -2.26. The molecule has 0 saturated carbocycles. The normalized spacial score (nSPS) is 14.0. The average Bonchev–Trinajstić information content (AvgIpc) is 3.70. The number of thiazole rings is 1. The Bertz CT molecular complexity index is 1630.